The van der Waals surface area contributed by atoms with Crippen LogP contribution in [0.3, 0.4) is 0 Å². The van der Waals surface area contributed by atoms with Gasteiger partial charge in [-0.1, -0.05) is 133 Å². The Kier molecular flexibility index (Phi) is 7.20. The van der Waals surface area contributed by atoms with Crippen molar-refractivity contribution in [3.63, 3.8) is 0 Å². The highest BCUT2D eigenvalue weighted by Gasteiger charge is 2.21. The predicted molar refractivity (Wildman–Crippen MR) is 241 cm³/mol. The molecule has 0 unspecified atom stereocenters. The molecule has 9 aromatic carbocycles. The Hall–Kier alpha value is -7.82. The number of para-hydroxylation sites is 6. The molecule has 0 aliphatic rings. The van der Waals surface area contributed by atoms with Gasteiger partial charge in [-0.2, -0.15) is 0 Å². The molecule has 58 heavy (non-hydrogen) atoms. The van der Waals surface area contributed by atoms with E-state index in [1.165, 1.54) is 27.4 Å². The second kappa shape index (κ2) is 12.9. The van der Waals surface area contributed by atoms with Crippen LogP contribution < -0.4 is 4.90 Å². The molecule has 0 N–H and O–H groups in total. The smallest absolute Gasteiger partial charge is 0.159 e. The van der Waals surface area contributed by atoms with E-state index in [4.69, 9.17) is 8.83 Å². The van der Waals surface area contributed by atoms with Crippen LogP contribution in [-0.2, 0) is 0 Å². The standard InChI is InChI=1S/C54H34N2O2/c1-6-21-47(56-48-22-7-2-16-41(48)42-17-3-8-23-49(42)56)40(15-1)37-14-11-13-36(33-37)35-27-29-38(30-28-35)55(39-31-32-45-43-18-4-9-25-51(43)57-53(45)34-39)50-24-12-20-46-44-19-5-10-26-52(44)58-54(46)50/h1-34H. The predicted octanol–water partition coefficient (Wildman–Crippen LogP) is 15.4. The van der Waals surface area contributed by atoms with Gasteiger partial charge in [-0.3, -0.25) is 0 Å². The van der Waals surface area contributed by atoms with Crippen LogP contribution in [0.15, 0.2) is 215 Å². The minimum absolute atomic E-state index is 0.840. The summed E-state index contributed by atoms with van der Waals surface area (Å²) in [6.07, 6.45) is 0. The lowest BCUT2D eigenvalue weighted by Crippen LogP contribution is -2.10. The summed E-state index contributed by atoms with van der Waals surface area (Å²) in [6.45, 7) is 0. The molecule has 0 saturated carbocycles. The summed E-state index contributed by atoms with van der Waals surface area (Å²) in [7, 11) is 0. The number of anilines is 3. The van der Waals surface area contributed by atoms with Crippen LogP contribution in [0.5, 0.6) is 0 Å². The second-order valence-electron chi connectivity index (χ2n) is 14.9. The van der Waals surface area contributed by atoms with Crippen LogP contribution in [-0.4, -0.2) is 4.57 Å². The maximum Gasteiger partial charge on any atom is 0.159 e. The number of hydrogen-bond donors (Lipinski definition) is 0. The molecule has 3 aromatic heterocycles. The molecule has 0 bridgehead atoms. The lowest BCUT2D eigenvalue weighted by molar-refractivity contribution is 0.667. The molecule has 0 atom stereocenters. The van der Waals surface area contributed by atoms with Crippen molar-refractivity contribution in [2.24, 2.45) is 0 Å². The van der Waals surface area contributed by atoms with E-state index in [0.717, 1.165) is 83.3 Å². The maximum atomic E-state index is 6.61. The number of rotatable bonds is 6. The Bertz CT molecular complexity index is 3480. The summed E-state index contributed by atoms with van der Waals surface area (Å²) >= 11 is 0. The zero-order chi connectivity index (χ0) is 38.2. The van der Waals surface area contributed by atoms with Crippen LogP contribution in [0.1, 0.15) is 0 Å². The number of hydrogen-bond acceptors (Lipinski definition) is 3. The first kappa shape index (κ1) is 32.4. The number of benzene rings is 9. The Balaban J connectivity index is 0.976. The lowest BCUT2D eigenvalue weighted by Gasteiger charge is -2.25. The van der Waals surface area contributed by atoms with Crippen molar-refractivity contribution >= 4 is 82.7 Å². The molecule has 0 amide bonds. The lowest BCUT2D eigenvalue weighted by atomic mass is 9.97. The Labute approximate surface area is 334 Å². The van der Waals surface area contributed by atoms with E-state index in [9.17, 15) is 0 Å². The molecule has 0 saturated heterocycles. The number of fused-ring (bicyclic) bond motifs is 9. The summed E-state index contributed by atoms with van der Waals surface area (Å²) in [5.74, 6) is 0. The summed E-state index contributed by atoms with van der Waals surface area (Å²) in [6, 6.07) is 73.2. The minimum Gasteiger partial charge on any atom is -0.456 e. The fourth-order valence-corrected chi connectivity index (χ4v) is 8.95. The van der Waals surface area contributed by atoms with Crippen molar-refractivity contribution in [2.45, 2.75) is 0 Å². The molecule has 4 nitrogen and oxygen atoms in total. The first-order valence-electron chi connectivity index (χ1n) is 19.7. The molecular weight excluding hydrogens is 709 g/mol. The van der Waals surface area contributed by atoms with E-state index in [2.05, 4.69) is 191 Å². The normalized spacial score (nSPS) is 11.8. The van der Waals surface area contributed by atoms with Gasteiger partial charge in [0.25, 0.3) is 0 Å². The summed E-state index contributed by atoms with van der Waals surface area (Å²) in [4.78, 5) is 2.28. The average Bonchev–Trinajstić information content (AvgIpc) is 3.97. The van der Waals surface area contributed by atoms with Gasteiger partial charge in [0.15, 0.2) is 5.58 Å². The summed E-state index contributed by atoms with van der Waals surface area (Å²) < 4.78 is 15.4. The highest BCUT2D eigenvalue weighted by Crippen LogP contribution is 2.44. The summed E-state index contributed by atoms with van der Waals surface area (Å²) in [5, 5.41) is 6.89. The van der Waals surface area contributed by atoms with E-state index in [0.29, 0.717) is 0 Å². The zero-order valence-corrected chi connectivity index (χ0v) is 31.3. The minimum atomic E-state index is 0.840. The van der Waals surface area contributed by atoms with Gasteiger partial charge in [-0.05, 0) is 83.4 Å². The first-order chi connectivity index (χ1) is 28.8. The van der Waals surface area contributed by atoms with Gasteiger partial charge in [0, 0.05) is 49.6 Å². The van der Waals surface area contributed by atoms with E-state index in [1.807, 2.05) is 24.3 Å². The van der Waals surface area contributed by atoms with E-state index in [-0.39, 0.29) is 0 Å². The van der Waals surface area contributed by atoms with Gasteiger partial charge >= 0.3 is 0 Å². The molecule has 0 radical (unpaired) electrons. The van der Waals surface area contributed by atoms with Crippen molar-refractivity contribution in [1.82, 2.24) is 4.57 Å². The van der Waals surface area contributed by atoms with Crippen LogP contribution in [0.25, 0.3) is 93.6 Å². The van der Waals surface area contributed by atoms with Crippen molar-refractivity contribution in [1.29, 1.82) is 0 Å². The summed E-state index contributed by atoms with van der Waals surface area (Å²) in [5.41, 5.74) is 14.6. The second-order valence-corrected chi connectivity index (χ2v) is 14.9. The fraction of sp³-hybridized carbons (Fsp3) is 0. The third kappa shape index (κ3) is 5.02. The molecule has 272 valence electrons. The van der Waals surface area contributed by atoms with Gasteiger partial charge in [-0.25, -0.2) is 0 Å². The quantitative estimate of drug-likeness (QED) is 0.170. The highest BCUT2D eigenvalue weighted by molar-refractivity contribution is 6.12. The van der Waals surface area contributed by atoms with Gasteiger partial charge in [-0.15, -0.1) is 0 Å². The van der Waals surface area contributed by atoms with Gasteiger partial charge in [0.2, 0.25) is 0 Å². The van der Waals surface area contributed by atoms with E-state index < -0.39 is 0 Å². The van der Waals surface area contributed by atoms with Crippen LogP contribution >= 0.6 is 0 Å². The molecular formula is C54H34N2O2. The molecule has 0 aliphatic heterocycles. The van der Waals surface area contributed by atoms with Gasteiger partial charge in [0.05, 0.1) is 28.1 Å². The zero-order valence-electron chi connectivity index (χ0n) is 31.3. The molecule has 12 aromatic rings. The van der Waals surface area contributed by atoms with Crippen LogP contribution in [0.4, 0.5) is 17.1 Å². The van der Waals surface area contributed by atoms with E-state index in [1.54, 1.807) is 0 Å². The number of nitrogens with zero attached hydrogens (tertiary/aromatic N) is 2. The van der Waals surface area contributed by atoms with Crippen molar-refractivity contribution < 1.29 is 8.83 Å². The molecule has 0 spiro atoms. The average molecular weight is 743 g/mol. The monoisotopic (exact) mass is 742 g/mol. The van der Waals surface area contributed by atoms with Gasteiger partial charge < -0.3 is 18.3 Å². The highest BCUT2D eigenvalue weighted by atomic mass is 16.3. The number of furan rings is 2. The topological polar surface area (TPSA) is 34.5 Å². The Morgan fingerprint density at radius 3 is 1.69 bits per heavy atom. The van der Waals surface area contributed by atoms with Crippen LogP contribution in [0, 0.1) is 0 Å². The van der Waals surface area contributed by atoms with E-state index >= 15 is 0 Å². The third-order valence-corrected chi connectivity index (χ3v) is 11.6. The largest absolute Gasteiger partial charge is 0.456 e. The third-order valence-electron chi connectivity index (χ3n) is 11.6. The van der Waals surface area contributed by atoms with Crippen molar-refractivity contribution in [3.05, 3.63) is 206 Å². The van der Waals surface area contributed by atoms with Crippen molar-refractivity contribution in [3.8, 4) is 27.9 Å². The maximum absolute atomic E-state index is 6.61. The molecule has 0 aliphatic carbocycles. The van der Waals surface area contributed by atoms with Crippen molar-refractivity contribution in [2.75, 3.05) is 4.90 Å². The Morgan fingerprint density at radius 2 is 0.914 bits per heavy atom. The molecule has 0 fully saturated rings. The fourth-order valence-electron chi connectivity index (χ4n) is 8.95. The molecule has 12 rings (SSSR count). The first-order valence-corrected chi connectivity index (χ1v) is 19.7. The number of aromatic nitrogens is 1. The SMILES string of the molecule is c1cc(-c2ccc(N(c3ccc4c(c3)oc3ccccc34)c3cccc4c3oc3ccccc34)cc2)cc(-c2ccccc2-n2c3ccccc3c3ccccc32)c1. The molecule has 3 heterocycles. The van der Waals surface area contributed by atoms with Gasteiger partial charge in [0.1, 0.15) is 16.7 Å². The molecule has 4 heteroatoms. The van der Waals surface area contributed by atoms with Crippen LogP contribution in [0.2, 0.25) is 0 Å². The Morgan fingerprint density at radius 1 is 0.345 bits per heavy atom.